The molecule has 2 aromatic rings. The number of aromatic nitrogens is 1. The van der Waals surface area contributed by atoms with Crippen LogP contribution in [0.15, 0.2) is 40.0 Å². The fourth-order valence-corrected chi connectivity index (χ4v) is 5.85. The van der Waals surface area contributed by atoms with Crippen LogP contribution in [-0.4, -0.2) is 36.7 Å². The Bertz CT molecular complexity index is 1100. The lowest BCUT2D eigenvalue weighted by Gasteiger charge is -2.34. The van der Waals surface area contributed by atoms with Gasteiger partial charge in [0.15, 0.2) is 0 Å². The van der Waals surface area contributed by atoms with Crippen molar-refractivity contribution in [3.05, 3.63) is 63.1 Å². The van der Waals surface area contributed by atoms with E-state index in [1.807, 2.05) is 13.0 Å². The van der Waals surface area contributed by atoms with Gasteiger partial charge in [-0.15, -0.1) is 0 Å². The average molecular weight is 432 g/mol. The number of aromatic amines is 1. The number of H-pyrrole nitrogens is 1. The van der Waals surface area contributed by atoms with Gasteiger partial charge in [0, 0.05) is 36.5 Å². The van der Waals surface area contributed by atoms with Crippen LogP contribution < -0.4 is 10.9 Å². The predicted molar refractivity (Wildman–Crippen MR) is 116 cm³/mol. The third-order valence-electron chi connectivity index (χ3n) is 5.49. The van der Waals surface area contributed by atoms with Crippen LogP contribution >= 0.6 is 0 Å². The zero-order chi connectivity index (χ0) is 22.1. The van der Waals surface area contributed by atoms with E-state index in [1.54, 1.807) is 19.1 Å². The maximum absolute atomic E-state index is 13.1. The van der Waals surface area contributed by atoms with Crippen molar-refractivity contribution in [2.75, 3.05) is 13.1 Å². The molecule has 162 valence electrons. The normalized spacial score (nSPS) is 20.1. The Balaban J connectivity index is 1.78. The Kier molecular flexibility index (Phi) is 6.47. The van der Waals surface area contributed by atoms with E-state index in [2.05, 4.69) is 24.1 Å². The van der Waals surface area contributed by atoms with E-state index in [-0.39, 0.29) is 22.6 Å². The highest BCUT2D eigenvalue weighted by atomic mass is 32.2. The number of carbonyl (C=O) groups excluding carboxylic acids is 1. The van der Waals surface area contributed by atoms with E-state index in [1.165, 1.54) is 16.4 Å². The summed E-state index contributed by atoms with van der Waals surface area (Å²) < 4.78 is 27.7. The van der Waals surface area contributed by atoms with Crippen molar-refractivity contribution in [2.24, 2.45) is 11.8 Å². The Hall–Kier alpha value is -2.45. The van der Waals surface area contributed by atoms with Crippen molar-refractivity contribution in [3.8, 4) is 0 Å². The second-order valence-corrected chi connectivity index (χ2v) is 10.4. The minimum absolute atomic E-state index is 0.0679. The third-order valence-corrected chi connectivity index (χ3v) is 7.32. The smallest absolute Gasteiger partial charge is 0.253 e. The molecule has 3 rings (SSSR count). The van der Waals surface area contributed by atoms with E-state index in [4.69, 9.17) is 0 Å². The number of nitrogens with one attached hydrogen (secondary N) is 2. The second-order valence-electron chi connectivity index (χ2n) is 8.42. The lowest BCUT2D eigenvalue weighted by Crippen LogP contribution is -2.42. The summed E-state index contributed by atoms with van der Waals surface area (Å²) in [6.07, 6.45) is 1.01. The molecule has 0 spiro atoms. The van der Waals surface area contributed by atoms with Crippen LogP contribution in [0.5, 0.6) is 0 Å². The van der Waals surface area contributed by atoms with Gasteiger partial charge in [-0.1, -0.05) is 19.9 Å². The summed E-state index contributed by atoms with van der Waals surface area (Å²) in [5, 5.41) is 2.72. The maximum Gasteiger partial charge on any atom is 0.253 e. The predicted octanol–water partition coefficient (Wildman–Crippen LogP) is 2.59. The van der Waals surface area contributed by atoms with Gasteiger partial charge in [-0.2, -0.15) is 4.31 Å². The molecule has 1 aliphatic rings. The molecular formula is C22H29N3O4S. The fourth-order valence-electron chi connectivity index (χ4n) is 4.12. The average Bonchev–Trinajstić information content (AvgIpc) is 2.66. The number of hydrogen-bond acceptors (Lipinski definition) is 4. The molecule has 8 heteroatoms. The molecule has 0 saturated carbocycles. The standard InChI is InChI=1S/C22H29N3O4S/c1-14-8-15(2)13-25(12-14)30(28,29)19-7-5-6-18(10-19)21(26)23-11-20-16(3)9-17(4)24-22(20)27/h5-7,9-10,14-15H,8,11-13H2,1-4H3,(H,23,26)(H,24,27)/t14-,15-/m0/s1. The highest BCUT2D eigenvalue weighted by molar-refractivity contribution is 7.89. The number of benzene rings is 1. The maximum atomic E-state index is 13.1. The number of sulfonamides is 1. The molecule has 2 N–H and O–H groups in total. The van der Waals surface area contributed by atoms with Crippen molar-refractivity contribution < 1.29 is 13.2 Å². The summed E-state index contributed by atoms with van der Waals surface area (Å²) in [5.74, 6) is 0.170. The zero-order valence-corrected chi connectivity index (χ0v) is 18.7. The first kappa shape index (κ1) is 22.2. The fraction of sp³-hybridized carbons (Fsp3) is 0.455. The number of carbonyl (C=O) groups is 1. The van der Waals surface area contributed by atoms with Gasteiger partial charge in [0.25, 0.3) is 11.5 Å². The molecule has 1 aromatic heterocycles. The minimum Gasteiger partial charge on any atom is -0.348 e. The van der Waals surface area contributed by atoms with Gasteiger partial charge in [-0.3, -0.25) is 9.59 Å². The summed E-state index contributed by atoms with van der Waals surface area (Å²) in [4.78, 5) is 27.6. The van der Waals surface area contributed by atoms with Crippen LogP contribution in [0.1, 0.15) is 47.4 Å². The lowest BCUT2D eigenvalue weighted by molar-refractivity contribution is 0.0950. The van der Waals surface area contributed by atoms with Crippen molar-refractivity contribution in [3.63, 3.8) is 0 Å². The van der Waals surface area contributed by atoms with Gasteiger partial charge >= 0.3 is 0 Å². The second kappa shape index (κ2) is 8.73. The van der Waals surface area contributed by atoms with E-state index >= 15 is 0 Å². The number of aryl methyl sites for hydroxylation is 2. The topological polar surface area (TPSA) is 99.3 Å². The lowest BCUT2D eigenvalue weighted by atomic mass is 9.94. The summed E-state index contributed by atoms with van der Waals surface area (Å²) in [6.45, 7) is 8.76. The van der Waals surface area contributed by atoms with Crippen LogP contribution in [0.3, 0.4) is 0 Å². The monoisotopic (exact) mass is 431 g/mol. The Morgan fingerprint density at radius 2 is 1.83 bits per heavy atom. The molecule has 2 heterocycles. The number of nitrogens with zero attached hydrogens (tertiary/aromatic N) is 1. The van der Waals surface area contributed by atoms with Crippen LogP contribution in [0.25, 0.3) is 0 Å². The molecule has 0 unspecified atom stereocenters. The van der Waals surface area contributed by atoms with E-state index < -0.39 is 15.9 Å². The largest absolute Gasteiger partial charge is 0.348 e. The van der Waals surface area contributed by atoms with Crippen molar-refractivity contribution in [2.45, 2.75) is 45.6 Å². The summed E-state index contributed by atoms with van der Waals surface area (Å²) in [5.41, 5.74) is 2.04. The molecule has 2 atom stereocenters. The third kappa shape index (κ3) is 4.82. The molecule has 1 fully saturated rings. The molecule has 30 heavy (non-hydrogen) atoms. The Morgan fingerprint density at radius 3 is 2.47 bits per heavy atom. The van der Waals surface area contributed by atoms with Gasteiger partial charge in [-0.05, 0) is 61.9 Å². The molecule has 0 bridgehead atoms. The van der Waals surface area contributed by atoms with Crippen molar-refractivity contribution in [1.29, 1.82) is 0 Å². The molecule has 0 radical (unpaired) electrons. The first-order chi connectivity index (χ1) is 14.1. The van der Waals surface area contributed by atoms with Crippen LogP contribution in [0, 0.1) is 25.7 Å². The Labute approximate surface area is 177 Å². The number of amides is 1. The van der Waals surface area contributed by atoms with Crippen LogP contribution in [0.4, 0.5) is 0 Å². The van der Waals surface area contributed by atoms with E-state index in [9.17, 15) is 18.0 Å². The van der Waals surface area contributed by atoms with Gasteiger partial charge in [0.05, 0.1) is 4.90 Å². The highest BCUT2D eigenvalue weighted by Gasteiger charge is 2.32. The van der Waals surface area contributed by atoms with Gasteiger partial charge in [0.2, 0.25) is 10.0 Å². The number of piperidine rings is 1. The molecule has 1 amide bonds. The quantitative estimate of drug-likeness (QED) is 0.760. The first-order valence-electron chi connectivity index (χ1n) is 10.2. The Morgan fingerprint density at radius 1 is 1.17 bits per heavy atom. The molecule has 7 nitrogen and oxygen atoms in total. The molecular weight excluding hydrogens is 402 g/mol. The molecule has 1 saturated heterocycles. The highest BCUT2D eigenvalue weighted by Crippen LogP contribution is 2.27. The summed E-state index contributed by atoms with van der Waals surface area (Å²) in [7, 11) is -3.67. The van der Waals surface area contributed by atoms with Crippen LogP contribution in [-0.2, 0) is 16.6 Å². The summed E-state index contributed by atoms with van der Waals surface area (Å²) in [6, 6.07) is 7.91. The molecule has 1 aromatic carbocycles. The first-order valence-corrected chi connectivity index (χ1v) is 11.6. The van der Waals surface area contributed by atoms with Crippen molar-refractivity contribution in [1.82, 2.24) is 14.6 Å². The zero-order valence-electron chi connectivity index (χ0n) is 17.9. The minimum atomic E-state index is -3.67. The molecule has 1 aliphatic heterocycles. The van der Waals surface area contributed by atoms with Crippen LogP contribution in [0.2, 0.25) is 0 Å². The summed E-state index contributed by atoms with van der Waals surface area (Å²) >= 11 is 0. The van der Waals surface area contributed by atoms with Gasteiger partial charge < -0.3 is 10.3 Å². The van der Waals surface area contributed by atoms with Crippen molar-refractivity contribution >= 4 is 15.9 Å². The van der Waals surface area contributed by atoms with Gasteiger partial charge in [0.1, 0.15) is 0 Å². The number of pyridine rings is 1. The number of hydrogen-bond donors (Lipinski definition) is 2. The van der Waals surface area contributed by atoms with Gasteiger partial charge in [-0.25, -0.2) is 8.42 Å². The SMILES string of the molecule is Cc1cc(C)c(CNC(=O)c2cccc(S(=O)(=O)N3C[C@@H](C)C[C@H](C)C3)c2)c(=O)[nH]1. The van der Waals surface area contributed by atoms with E-state index in [0.717, 1.165) is 17.7 Å². The number of rotatable bonds is 5. The molecule has 0 aliphatic carbocycles. The van der Waals surface area contributed by atoms with E-state index in [0.29, 0.717) is 30.5 Å².